The summed E-state index contributed by atoms with van der Waals surface area (Å²) < 4.78 is 0. The van der Waals surface area contributed by atoms with Gasteiger partial charge in [0, 0.05) is 12.8 Å². The lowest BCUT2D eigenvalue weighted by Gasteiger charge is -2.30. The topological polar surface area (TPSA) is 80.9 Å². The highest BCUT2D eigenvalue weighted by molar-refractivity contribution is 4.84. The smallest absolute Gasteiger partial charge is 0.0825 e. The zero-order valence-electron chi connectivity index (χ0n) is 5.51. The van der Waals surface area contributed by atoms with Gasteiger partial charge in [0.1, 0.15) is 0 Å². The van der Waals surface area contributed by atoms with Crippen LogP contribution < -0.4 is 0 Å². The molecule has 4 atom stereocenters. The van der Waals surface area contributed by atoms with Gasteiger partial charge in [-0.25, -0.2) is 0 Å². The monoisotopic (exact) mass is 148 g/mol. The van der Waals surface area contributed by atoms with Gasteiger partial charge >= 0.3 is 0 Å². The molecule has 0 unspecified atom stereocenters. The fourth-order valence-electron chi connectivity index (χ4n) is 1.12. The minimum absolute atomic E-state index is 0.0579. The quantitative estimate of drug-likeness (QED) is 0.327. The fourth-order valence-corrected chi connectivity index (χ4v) is 1.12. The van der Waals surface area contributed by atoms with E-state index in [1.165, 1.54) is 0 Å². The molecule has 0 aromatic heterocycles. The van der Waals surface area contributed by atoms with Crippen LogP contribution in [0.1, 0.15) is 12.8 Å². The Bertz CT molecular complexity index is 90.3. The van der Waals surface area contributed by atoms with Crippen molar-refractivity contribution in [1.29, 1.82) is 0 Å². The molecule has 0 heterocycles. The molecule has 0 aliphatic heterocycles. The second kappa shape index (κ2) is 2.84. The highest BCUT2D eigenvalue weighted by atomic mass is 16.4. The predicted molar refractivity (Wildman–Crippen MR) is 33.3 cm³/mol. The molecule has 0 spiro atoms. The average molecular weight is 148 g/mol. The molecule has 0 radical (unpaired) electrons. The molecule has 0 amide bonds. The minimum atomic E-state index is -0.890. The first-order valence-electron chi connectivity index (χ1n) is 3.33. The first kappa shape index (κ1) is 7.94. The third-order valence-corrected chi connectivity index (χ3v) is 1.85. The zero-order valence-corrected chi connectivity index (χ0v) is 5.51. The van der Waals surface area contributed by atoms with Crippen molar-refractivity contribution < 1.29 is 20.4 Å². The lowest BCUT2D eigenvalue weighted by atomic mass is 9.90. The normalized spacial score (nSPS) is 49.2. The molecule has 4 N–H and O–H groups in total. The Balaban J connectivity index is 2.46. The van der Waals surface area contributed by atoms with E-state index in [0.29, 0.717) is 0 Å². The van der Waals surface area contributed by atoms with Crippen LogP contribution in [0.4, 0.5) is 0 Å². The lowest BCUT2D eigenvalue weighted by molar-refractivity contribution is -0.107. The number of aliphatic hydroxyl groups excluding tert-OH is 4. The second-order valence-corrected chi connectivity index (χ2v) is 2.74. The van der Waals surface area contributed by atoms with Gasteiger partial charge in [0.2, 0.25) is 0 Å². The number of aliphatic hydroxyl groups is 4. The summed E-state index contributed by atoms with van der Waals surface area (Å²) in [5.41, 5.74) is 0. The van der Waals surface area contributed by atoms with Crippen molar-refractivity contribution in [3.8, 4) is 0 Å². The Labute approximate surface area is 58.7 Å². The molecule has 0 aromatic rings. The Morgan fingerprint density at radius 1 is 0.600 bits per heavy atom. The van der Waals surface area contributed by atoms with E-state index >= 15 is 0 Å². The van der Waals surface area contributed by atoms with Gasteiger partial charge in [-0.2, -0.15) is 0 Å². The van der Waals surface area contributed by atoms with Crippen molar-refractivity contribution in [2.75, 3.05) is 0 Å². The van der Waals surface area contributed by atoms with E-state index in [9.17, 15) is 0 Å². The molecule has 1 aliphatic rings. The van der Waals surface area contributed by atoms with Crippen LogP contribution in [0.25, 0.3) is 0 Å². The van der Waals surface area contributed by atoms with Crippen molar-refractivity contribution in [3.63, 3.8) is 0 Å². The Morgan fingerprint density at radius 2 is 0.800 bits per heavy atom. The molecule has 1 fully saturated rings. The Morgan fingerprint density at radius 3 is 1.00 bits per heavy atom. The predicted octanol–water partition coefficient (Wildman–Crippen LogP) is -1.78. The Kier molecular flexibility index (Phi) is 2.25. The molecular formula is C6H12O4. The first-order valence-corrected chi connectivity index (χ1v) is 3.33. The van der Waals surface area contributed by atoms with Crippen molar-refractivity contribution in [2.24, 2.45) is 0 Å². The Hall–Kier alpha value is -0.160. The molecule has 1 saturated carbocycles. The van der Waals surface area contributed by atoms with E-state index < -0.39 is 24.4 Å². The third-order valence-electron chi connectivity index (χ3n) is 1.85. The molecular weight excluding hydrogens is 136 g/mol. The lowest BCUT2D eigenvalue weighted by Crippen LogP contribution is -2.44. The molecule has 1 aliphatic carbocycles. The molecule has 0 saturated heterocycles. The second-order valence-electron chi connectivity index (χ2n) is 2.74. The van der Waals surface area contributed by atoms with Gasteiger partial charge < -0.3 is 20.4 Å². The van der Waals surface area contributed by atoms with Crippen LogP contribution in [-0.2, 0) is 0 Å². The maximum Gasteiger partial charge on any atom is 0.0825 e. The minimum Gasteiger partial charge on any atom is -0.390 e. The van der Waals surface area contributed by atoms with Crippen molar-refractivity contribution >= 4 is 0 Å². The van der Waals surface area contributed by atoms with Crippen LogP contribution >= 0.6 is 0 Å². The largest absolute Gasteiger partial charge is 0.390 e. The summed E-state index contributed by atoms with van der Waals surface area (Å²) in [7, 11) is 0. The highest BCUT2D eigenvalue weighted by Crippen LogP contribution is 2.19. The van der Waals surface area contributed by atoms with Gasteiger partial charge in [-0.05, 0) is 0 Å². The van der Waals surface area contributed by atoms with Gasteiger partial charge in [0.05, 0.1) is 24.4 Å². The van der Waals surface area contributed by atoms with Crippen LogP contribution in [0.2, 0.25) is 0 Å². The fraction of sp³-hybridized carbons (Fsp3) is 1.00. The van der Waals surface area contributed by atoms with Gasteiger partial charge in [-0.3, -0.25) is 0 Å². The van der Waals surface area contributed by atoms with Crippen molar-refractivity contribution in [1.82, 2.24) is 0 Å². The molecule has 0 aromatic carbocycles. The summed E-state index contributed by atoms with van der Waals surface area (Å²) in [6, 6.07) is 0. The van der Waals surface area contributed by atoms with Gasteiger partial charge in [0.25, 0.3) is 0 Å². The van der Waals surface area contributed by atoms with Crippen LogP contribution in [0.3, 0.4) is 0 Å². The molecule has 4 heteroatoms. The summed E-state index contributed by atoms with van der Waals surface area (Å²) >= 11 is 0. The summed E-state index contributed by atoms with van der Waals surface area (Å²) in [6.07, 6.45) is -3.45. The summed E-state index contributed by atoms with van der Waals surface area (Å²) in [4.78, 5) is 0. The van der Waals surface area contributed by atoms with Crippen molar-refractivity contribution in [3.05, 3.63) is 0 Å². The number of hydrogen-bond donors (Lipinski definition) is 4. The van der Waals surface area contributed by atoms with Crippen molar-refractivity contribution in [2.45, 2.75) is 37.3 Å². The van der Waals surface area contributed by atoms with E-state index in [0.717, 1.165) is 0 Å². The highest BCUT2D eigenvalue weighted by Gasteiger charge is 2.32. The van der Waals surface area contributed by atoms with Gasteiger partial charge in [-0.15, -0.1) is 0 Å². The van der Waals surface area contributed by atoms with Crippen LogP contribution in [-0.4, -0.2) is 44.8 Å². The SMILES string of the molecule is O[C@@H]1C[C@H](O)[C@@H](O)C[C@H]1O. The maximum atomic E-state index is 8.94. The van der Waals surface area contributed by atoms with Gasteiger partial charge in [0.15, 0.2) is 0 Å². The summed E-state index contributed by atoms with van der Waals surface area (Å²) in [6.45, 7) is 0. The van der Waals surface area contributed by atoms with E-state index in [-0.39, 0.29) is 12.8 Å². The summed E-state index contributed by atoms with van der Waals surface area (Å²) in [5, 5.41) is 35.8. The van der Waals surface area contributed by atoms with E-state index in [2.05, 4.69) is 0 Å². The molecule has 4 nitrogen and oxygen atoms in total. The van der Waals surface area contributed by atoms with E-state index in [4.69, 9.17) is 20.4 Å². The summed E-state index contributed by atoms with van der Waals surface area (Å²) in [5.74, 6) is 0. The van der Waals surface area contributed by atoms with Crippen LogP contribution in [0, 0.1) is 0 Å². The third kappa shape index (κ3) is 1.46. The molecule has 60 valence electrons. The van der Waals surface area contributed by atoms with E-state index in [1.54, 1.807) is 0 Å². The standard InChI is InChI=1S/C6H12O4/c7-3-1-4(8)6(10)2-5(3)9/h3-10H,1-2H2/t3-,4+,5-,6+. The van der Waals surface area contributed by atoms with Gasteiger partial charge in [-0.1, -0.05) is 0 Å². The molecule has 0 bridgehead atoms. The number of hydrogen-bond acceptors (Lipinski definition) is 4. The molecule has 10 heavy (non-hydrogen) atoms. The van der Waals surface area contributed by atoms with E-state index in [1.807, 2.05) is 0 Å². The first-order chi connectivity index (χ1) is 4.61. The number of rotatable bonds is 0. The maximum absolute atomic E-state index is 8.94. The van der Waals surface area contributed by atoms with Crippen LogP contribution in [0.15, 0.2) is 0 Å². The zero-order chi connectivity index (χ0) is 7.72. The molecule has 1 rings (SSSR count). The average Bonchev–Trinajstić information content (AvgIpc) is 1.84. The van der Waals surface area contributed by atoms with Crippen LogP contribution in [0.5, 0.6) is 0 Å².